The lowest BCUT2D eigenvalue weighted by atomic mass is 10.2. The van der Waals surface area contributed by atoms with Gasteiger partial charge in [-0.1, -0.05) is 18.2 Å². The number of hydrogen-bond acceptors (Lipinski definition) is 5. The van der Waals surface area contributed by atoms with Gasteiger partial charge in [0.2, 0.25) is 0 Å². The van der Waals surface area contributed by atoms with Crippen LogP contribution in [0.1, 0.15) is 5.56 Å². The summed E-state index contributed by atoms with van der Waals surface area (Å²) in [5, 5.41) is 6.27. The molecule has 0 fully saturated rings. The number of amides is 2. The molecule has 0 saturated carbocycles. The van der Waals surface area contributed by atoms with E-state index in [2.05, 4.69) is 15.8 Å². The summed E-state index contributed by atoms with van der Waals surface area (Å²) in [4.78, 5) is 23.8. The lowest BCUT2D eigenvalue weighted by molar-refractivity contribution is -0.136. The van der Waals surface area contributed by atoms with Crippen molar-refractivity contribution in [2.45, 2.75) is 0 Å². The molecule has 29 heavy (non-hydrogen) atoms. The fraction of sp³-hybridized carbons (Fsp3) is 0.0455. The first-order valence-electron chi connectivity index (χ1n) is 8.75. The Morgan fingerprint density at radius 1 is 0.793 bits per heavy atom. The predicted octanol–water partition coefficient (Wildman–Crippen LogP) is 3.58. The van der Waals surface area contributed by atoms with E-state index in [0.717, 1.165) is 5.56 Å². The van der Waals surface area contributed by atoms with Crippen molar-refractivity contribution >= 4 is 23.7 Å². The zero-order chi connectivity index (χ0) is 20.5. The van der Waals surface area contributed by atoms with Gasteiger partial charge < -0.3 is 14.8 Å². The van der Waals surface area contributed by atoms with Crippen LogP contribution in [0.15, 0.2) is 84.0 Å². The highest BCUT2D eigenvalue weighted by molar-refractivity contribution is 6.39. The minimum atomic E-state index is -0.876. The lowest BCUT2D eigenvalue weighted by Crippen LogP contribution is -2.32. The molecule has 2 N–H and O–H groups in total. The van der Waals surface area contributed by atoms with E-state index < -0.39 is 11.8 Å². The van der Waals surface area contributed by atoms with Crippen LogP contribution in [0, 0.1) is 0 Å². The van der Waals surface area contributed by atoms with Gasteiger partial charge in [-0.05, 0) is 66.2 Å². The van der Waals surface area contributed by atoms with Crippen molar-refractivity contribution in [2.24, 2.45) is 5.10 Å². The van der Waals surface area contributed by atoms with Crippen molar-refractivity contribution in [1.29, 1.82) is 0 Å². The summed E-state index contributed by atoms with van der Waals surface area (Å²) in [6.45, 7) is 0. The minimum absolute atomic E-state index is 0.463. The second-order valence-corrected chi connectivity index (χ2v) is 5.87. The molecule has 7 heteroatoms. The number of para-hydroxylation sites is 1. The number of ether oxygens (including phenoxy) is 2. The summed E-state index contributed by atoms with van der Waals surface area (Å²) in [7, 11) is 1.58. The summed E-state index contributed by atoms with van der Waals surface area (Å²) in [5.74, 6) is 0.333. The molecular formula is C22H19N3O4. The van der Waals surface area contributed by atoms with E-state index in [1.54, 1.807) is 55.6 Å². The molecule has 0 unspecified atom stereocenters. The van der Waals surface area contributed by atoms with Gasteiger partial charge in [0.15, 0.2) is 0 Å². The molecule has 0 heterocycles. The Bertz CT molecular complexity index is 985. The van der Waals surface area contributed by atoms with Gasteiger partial charge >= 0.3 is 11.8 Å². The largest absolute Gasteiger partial charge is 0.497 e. The Labute approximate surface area is 168 Å². The zero-order valence-corrected chi connectivity index (χ0v) is 15.7. The summed E-state index contributed by atoms with van der Waals surface area (Å²) >= 11 is 0. The molecule has 3 aromatic rings. The Kier molecular flexibility index (Phi) is 6.57. The molecule has 0 atom stereocenters. The van der Waals surface area contributed by atoms with E-state index in [1.807, 2.05) is 30.3 Å². The first kappa shape index (κ1) is 19.6. The maximum Gasteiger partial charge on any atom is 0.329 e. The Morgan fingerprint density at radius 2 is 1.41 bits per heavy atom. The number of benzene rings is 3. The molecule has 0 spiro atoms. The topological polar surface area (TPSA) is 89.0 Å². The predicted molar refractivity (Wildman–Crippen MR) is 110 cm³/mol. The Balaban J connectivity index is 1.49. The van der Waals surface area contributed by atoms with E-state index >= 15 is 0 Å². The molecule has 0 aliphatic heterocycles. The van der Waals surface area contributed by atoms with Crippen LogP contribution in [0.3, 0.4) is 0 Å². The third-order valence-corrected chi connectivity index (χ3v) is 3.79. The van der Waals surface area contributed by atoms with Gasteiger partial charge in [-0.3, -0.25) is 9.59 Å². The van der Waals surface area contributed by atoms with E-state index in [1.165, 1.54) is 6.21 Å². The number of hydrazone groups is 1. The van der Waals surface area contributed by atoms with Crippen molar-refractivity contribution in [3.05, 3.63) is 84.4 Å². The van der Waals surface area contributed by atoms with Gasteiger partial charge in [0.05, 0.1) is 13.3 Å². The Morgan fingerprint density at radius 3 is 2.07 bits per heavy atom. The summed E-state index contributed by atoms with van der Waals surface area (Å²) in [5.41, 5.74) is 3.40. The summed E-state index contributed by atoms with van der Waals surface area (Å²) in [6, 6.07) is 23.1. The monoisotopic (exact) mass is 389 g/mol. The molecule has 146 valence electrons. The maximum atomic E-state index is 12.0. The molecular weight excluding hydrogens is 370 g/mol. The summed E-state index contributed by atoms with van der Waals surface area (Å²) < 4.78 is 10.7. The lowest BCUT2D eigenvalue weighted by Gasteiger charge is -2.07. The third-order valence-electron chi connectivity index (χ3n) is 3.79. The van der Waals surface area contributed by atoms with Crippen LogP contribution in [0.2, 0.25) is 0 Å². The van der Waals surface area contributed by atoms with Crippen LogP contribution in [0.5, 0.6) is 17.2 Å². The molecule has 0 bridgehead atoms. The molecule has 2 amide bonds. The number of nitrogens with zero attached hydrogens (tertiary/aromatic N) is 1. The molecule has 0 radical (unpaired) electrons. The highest BCUT2D eigenvalue weighted by atomic mass is 16.5. The smallest absolute Gasteiger partial charge is 0.329 e. The van der Waals surface area contributed by atoms with E-state index in [-0.39, 0.29) is 0 Å². The summed E-state index contributed by atoms with van der Waals surface area (Å²) in [6.07, 6.45) is 1.43. The second kappa shape index (κ2) is 9.70. The van der Waals surface area contributed by atoms with Gasteiger partial charge in [0.25, 0.3) is 0 Å². The third kappa shape index (κ3) is 5.93. The van der Waals surface area contributed by atoms with Crippen LogP contribution in [0.4, 0.5) is 5.69 Å². The number of carbonyl (C=O) groups is 2. The second-order valence-electron chi connectivity index (χ2n) is 5.87. The zero-order valence-electron chi connectivity index (χ0n) is 15.7. The van der Waals surface area contributed by atoms with Crippen LogP contribution < -0.4 is 20.2 Å². The maximum absolute atomic E-state index is 12.0. The van der Waals surface area contributed by atoms with E-state index in [9.17, 15) is 9.59 Å². The normalized spacial score (nSPS) is 10.4. The van der Waals surface area contributed by atoms with Crippen molar-refractivity contribution < 1.29 is 19.1 Å². The molecule has 0 aliphatic carbocycles. The van der Waals surface area contributed by atoms with E-state index in [0.29, 0.717) is 22.9 Å². The molecule has 0 aromatic heterocycles. The standard InChI is InChI=1S/C22H19N3O4/c1-28-18-11-7-16(8-12-18)15-23-25-22(27)21(26)24-17-9-13-20(14-10-17)29-19-5-3-2-4-6-19/h2-15H,1H3,(H,24,26)(H,25,27)/b23-15-. The van der Waals surface area contributed by atoms with Crippen LogP contribution in [-0.4, -0.2) is 25.1 Å². The van der Waals surface area contributed by atoms with Gasteiger partial charge in [-0.15, -0.1) is 0 Å². The fourth-order valence-corrected chi connectivity index (χ4v) is 2.32. The molecule has 3 rings (SSSR count). The van der Waals surface area contributed by atoms with E-state index in [4.69, 9.17) is 9.47 Å². The van der Waals surface area contributed by atoms with Crippen molar-refractivity contribution in [3.8, 4) is 17.2 Å². The number of nitrogens with one attached hydrogen (secondary N) is 2. The Hall–Kier alpha value is -4.13. The van der Waals surface area contributed by atoms with Gasteiger partial charge in [0, 0.05) is 5.69 Å². The van der Waals surface area contributed by atoms with Gasteiger partial charge in [0.1, 0.15) is 17.2 Å². The first-order valence-corrected chi connectivity index (χ1v) is 8.75. The van der Waals surface area contributed by atoms with Gasteiger partial charge in [-0.2, -0.15) is 5.10 Å². The van der Waals surface area contributed by atoms with Crippen LogP contribution >= 0.6 is 0 Å². The molecule has 7 nitrogen and oxygen atoms in total. The average molecular weight is 389 g/mol. The number of anilines is 1. The molecule has 0 saturated heterocycles. The van der Waals surface area contributed by atoms with Crippen molar-refractivity contribution in [1.82, 2.24) is 5.43 Å². The van der Waals surface area contributed by atoms with Crippen molar-refractivity contribution in [2.75, 3.05) is 12.4 Å². The van der Waals surface area contributed by atoms with Crippen LogP contribution in [0.25, 0.3) is 0 Å². The average Bonchev–Trinajstić information content (AvgIpc) is 2.76. The molecule has 3 aromatic carbocycles. The first-order chi connectivity index (χ1) is 14.1. The quantitative estimate of drug-likeness (QED) is 0.383. The van der Waals surface area contributed by atoms with Gasteiger partial charge in [-0.25, -0.2) is 5.43 Å². The number of rotatable bonds is 6. The fourth-order valence-electron chi connectivity index (χ4n) is 2.32. The molecule has 0 aliphatic rings. The highest BCUT2D eigenvalue weighted by Gasteiger charge is 2.12. The minimum Gasteiger partial charge on any atom is -0.497 e. The highest BCUT2D eigenvalue weighted by Crippen LogP contribution is 2.22. The number of methoxy groups -OCH3 is 1. The van der Waals surface area contributed by atoms with Crippen molar-refractivity contribution in [3.63, 3.8) is 0 Å². The van der Waals surface area contributed by atoms with Crippen LogP contribution in [-0.2, 0) is 9.59 Å². The number of carbonyl (C=O) groups excluding carboxylic acids is 2. The SMILES string of the molecule is COc1ccc(/C=N\NC(=O)C(=O)Nc2ccc(Oc3ccccc3)cc2)cc1. The number of hydrogen-bond donors (Lipinski definition) is 2.